The number of morpholine rings is 1. The Kier molecular flexibility index (Phi) is 8.03. The van der Waals surface area contributed by atoms with E-state index in [1.54, 1.807) is 0 Å². The summed E-state index contributed by atoms with van der Waals surface area (Å²) in [6.45, 7) is 12.9. The van der Waals surface area contributed by atoms with Gasteiger partial charge >= 0.3 is 0 Å². The van der Waals surface area contributed by atoms with E-state index in [1.165, 1.54) is 25.7 Å². The largest absolute Gasteiger partial charge is 0.379 e. The molecule has 1 saturated heterocycles. The first kappa shape index (κ1) is 17.9. The highest BCUT2D eigenvalue weighted by atomic mass is 16.5. The van der Waals surface area contributed by atoms with E-state index in [0.717, 1.165) is 38.6 Å². The lowest BCUT2D eigenvalue weighted by Gasteiger charge is -2.46. The smallest absolute Gasteiger partial charge is 0.0594 e. The van der Waals surface area contributed by atoms with E-state index >= 15 is 0 Å². The number of nitrogens with two attached hydrogens (primary N) is 1. The summed E-state index contributed by atoms with van der Waals surface area (Å²) in [5.74, 6) is 6.66. The normalized spacial score (nSPS) is 20.9. The van der Waals surface area contributed by atoms with Crippen LogP contribution in [0.25, 0.3) is 0 Å². The lowest BCUT2D eigenvalue weighted by molar-refractivity contribution is -0.0266. The third-order valence-electron chi connectivity index (χ3n) is 4.99. The third-order valence-corrected chi connectivity index (χ3v) is 4.99. The molecule has 0 aliphatic carbocycles. The summed E-state index contributed by atoms with van der Waals surface area (Å²) < 4.78 is 5.47. The number of ether oxygens (including phenoxy) is 1. The lowest BCUT2D eigenvalue weighted by atomic mass is 9.83. The average Bonchev–Trinajstić information content (AvgIpc) is 2.48. The summed E-state index contributed by atoms with van der Waals surface area (Å²) in [6.07, 6.45) is 6.34. The Bertz CT molecular complexity index is 252. The van der Waals surface area contributed by atoms with Crippen molar-refractivity contribution >= 4 is 0 Å². The van der Waals surface area contributed by atoms with Gasteiger partial charge < -0.3 is 4.74 Å². The van der Waals surface area contributed by atoms with Crippen molar-refractivity contribution < 1.29 is 4.74 Å². The van der Waals surface area contributed by atoms with Crippen molar-refractivity contribution in [1.29, 1.82) is 0 Å². The van der Waals surface area contributed by atoms with Crippen molar-refractivity contribution in [3.63, 3.8) is 0 Å². The molecule has 0 saturated carbocycles. The van der Waals surface area contributed by atoms with Crippen LogP contribution in [-0.4, -0.2) is 42.8 Å². The predicted octanol–water partition coefficient (Wildman–Crippen LogP) is 2.54. The molecule has 0 bridgehead atoms. The minimum absolute atomic E-state index is 0.0815. The summed E-state index contributed by atoms with van der Waals surface area (Å²) in [4.78, 5) is 2.52. The summed E-state index contributed by atoms with van der Waals surface area (Å²) in [6, 6.07) is 0.336. The van der Waals surface area contributed by atoms with Gasteiger partial charge in [-0.3, -0.25) is 16.2 Å². The van der Waals surface area contributed by atoms with Crippen molar-refractivity contribution in [2.24, 2.45) is 11.8 Å². The molecule has 0 spiro atoms. The predicted molar refractivity (Wildman–Crippen MR) is 85.5 cm³/mol. The summed E-state index contributed by atoms with van der Waals surface area (Å²) in [5, 5.41) is 0. The van der Waals surface area contributed by atoms with Gasteiger partial charge in [0.15, 0.2) is 0 Å². The van der Waals surface area contributed by atoms with E-state index in [0.29, 0.717) is 6.04 Å². The third kappa shape index (κ3) is 4.99. The summed E-state index contributed by atoms with van der Waals surface area (Å²) in [7, 11) is 0. The number of hydrogen-bond acceptors (Lipinski definition) is 4. The number of unbranched alkanes of at least 4 members (excludes halogenated alkanes) is 1. The summed E-state index contributed by atoms with van der Waals surface area (Å²) >= 11 is 0. The number of nitrogens with one attached hydrogen (secondary N) is 1. The van der Waals surface area contributed by atoms with Gasteiger partial charge in [0.2, 0.25) is 0 Å². The van der Waals surface area contributed by atoms with E-state index in [2.05, 4.69) is 38.0 Å². The highest BCUT2D eigenvalue weighted by Gasteiger charge is 2.36. The monoisotopic (exact) mass is 285 g/mol. The number of hydrazine groups is 1. The van der Waals surface area contributed by atoms with E-state index in [-0.39, 0.29) is 5.54 Å². The van der Waals surface area contributed by atoms with E-state index < -0.39 is 0 Å². The van der Waals surface area contributed by atoms with Gasteiger partial charge in [-0.2, -0.15) is 0 Å². The van der Waals surface area contributed by atoms with Gasteiger partial charge in [-0.25, -0.2) is 0 Å². The fourth-order valence-corrected chi connectivity index (χ4v) is 3.24. The zero-order valence-corrected chi connectivity index (χ0v) is 14.0. The quantitative estimate of drug-likeness (QED) is 0.505. The van der Waals surface area contributed by atoms with Gasteiger partial charge in [0.05, 0.1) is 13.2 Å². The van der Waals surface area contributed by atoms with Gasteiger partial charge in [0, 0.05) is 24.7 Å². The Morgan fingerprint density at radius 3 is 2.40 bits per heavy atom. The number of rotatable bonds is 9. The van der Waals surface area contributed by atoms with Gasteiger partial charge in [-0.15, -0.1) is 0 Å². The van der Waals surface area contributed by atoms with Crippen molar-refractivity contribution in [3.05, 3.63) is 0 Å². The second kappa shape index (κ2) is 8.98. The molecular formula is C16H35N3O. The SMILES string of the molecule is CCCCC(CC)CC(NN)C(C)(C)N1CCOCC1. The van der Waals surface area contributed by atoms with Gasteiger partial charge in [0.25, 0.3) is 0 Å². The molecule has 20 heavy (non-hydrogen) atoms. The molecule has 0 amide bonds. The lowest BCUT2D eigenvalue weighted by Crippen LogP contribution is -2.62. The standard InChI is InChI=1S/C16H35N3O/c1-5-7-8-14(6-2)13-15(18-17)16(3,4)19-9-11-20-12-10-19/h14-15,18H,5-13,17H2,1-4H3. The molecule has 0 radical (unpaired) electrons. The molecule has 0 aromatic rings. The average molecular weight is 285 g/mol. The molecule has 2 unspecified atom stereocenters. The molecule has 0 aromatic carbocycles. The second-order valence-electron chi connectivity index (χ2n) is 6.62. The van der Waals surface area contributed by atoms with Crippen molar-refractivity contribution in [2.45, 2.75) is 71.4 Å². The molecule has 4 nitrogen and oxygen atoms in total. The molecule has 1 heterocycles. The molecule has 1 aliphatic rings. The Morgan fingerprint density at radius 2 is 1.90 bits per heavy atom. The van der Waals surface area contributed by atoms with E-state index in [9.17, 15) is 0 Å². The molecule has 4 heteroatoms. The number of hydrogen-bond donors (Lipinski definition) is 2. The Morgan fingerprint density at radius 1 is 1.25 bits per heavy atom. The van der Waals surface area contributed by atoms with Crippen LogP contribution in [0.5, 0.6) is 0 Å². The zero-order valence-electron chi connectivity index (χ0n) is 14.0. The van der Waals surface area contributed by atoms with Crippen LogP contribution in [0.2, 0.25) is 0 Å². The topological polar surface area (TPSA) is 50.5 Å². The van der Waals surface area contributed by atoms with Crippen molar-refractivity contribution in [1.82, 2.24) is 10.3 Å². The Labute approximate surface area is 125 Å². The molecular weight excluding hydrogens is 250 g/mol. The maximum atomic E-state index is 5.89. The van der Waals surface area contributed by atoms with Crippen LogP contribution < -0.4 is 11.3 Å². The molecule has 0 aromatic heterocycles. The minimum atomic E-state index is 0.0815. The molecule has 3 N–H and O–H groups in total. The minimum Gasteiger partial charge on any atom is -0.379 e. The van der Waals surface area contributed by atoms with Crippen LogP contribution in [0.4, 0.5) is 0 Å². The second-order valence-corrected chi connectivity index (χ2v) is 6.62. The van der Waals surface area contributed by atoms with Crippen LogP contribution in [0.1, 0.15) is 59.8 Å². The Hall–Kier alpha value is -0.160. The van der Waals surface area contributed by atoms with Gasteiger partial charge in [-0.1, -0.05) is 39.5 Å². The highest BCUT2D eigenvalue weighted by molar-refractivity contribution is 4.94. The molecule has 1 fully saturated rings. The number of nitrogens with zero attached hydrogens (tertiary/aromatic N) is 1. The first-order valence-corrected chi connectivity index (χ1v) is 8.35. The molecule has 1 rings (SSSR count). The maximum absolute atomic E-state index is 5.89. The van der Waals surface area contributed by atoms with Crippen LogP contribution >= 0.6 is 0 Å². The zero-order chi connectivity index (χ0) is 15.0. The van der Waals surface area contributed by atoms with E-state index in [1.807, 2.05) is 0 Å². The maximum Gasteiger partial charge on any atom is 0.0594 e. The van der Waals surface area contributed by atoms with Crippen molar-refractivity contribution in [2.75, 3.05) is 26.3 Å². The first-order valence-electron chi connectivity index (χ1n) is 8.35. The summed E-state index contributed by atoms with van der Waals surface area (Å²) in [5.41, 5.74) is 3.18. The first-order chi connectivity index (χ1) is 9.56. The fourth-order valence-electron chi connectivity index (χ4n) is 3.24. The van der Waals surface area contributed by atoms with Crippen LogP contribution in [0.3, 0.4) is 0 Å². The van der Waals surface area contributed by atoms with Gasteiger partial charge in [-0.05, 0) is 26.2 Å². The highest BCUT2D eigenvalue weighted by Crippen LogP contribution is 2.27. The molecule has 1 aliphatic heterocycles. The molecule has 120 valence electrons. The van der Waals surface area contributed by atoms with E-state index in [4.69, 9.17) is 10.6 Å². The van der Waals surface area contributed by atoms with Crippen LogP contribution in [0.15, 0.2) is 0 Å². The van der Waals surface area contributed by atoms with Gasteiger partial charge in [0.1, 0.15) is 0 Å². The van der Waals surface area contributed by atoms with Crippen LogP contribution in [-0.2, 0) is 4.74 Å². The molecule has 2 atom stereocenters. The Balaban J connectivity index is 2.61. The fraction of sp³-hybridized carbons (Fsp3) is 1.00. The van der Waals surface area contributed by atoms with Crippen LogP contribution in [0, 0.1) is 5.92 Å². The van der Waals surface area contributed by atoms with Crippen molar-refractivity contribution in [3.8, 4) is 0 Å².